The summed E-state index contributed by atoms with van der Waals surface area (Å²) in [4.78, 5) is 5.68. The van der Waals surface area contributed by atoms with Crippen molar-refractivity contribution in [1.29, 1.82) is 0 Å². The van der Waals surface area contributed by atoms with E-state index in [1.165, 1.54) is 87.8 Å². The van der Waals surface area contributed by atoms with Crippen molar-refractivity contribution in [3.05, 3.63) is 259 Å². The summed E-state index contributed by atoms with van der Waals surface area (Å²) in [5, 5.41) is 8.64. The summed E-state index contributed by atoms with van der Waals surface area (Å²) in [6, 6.07) is 86.9. The van der Waals surface area contributed by atoms with Crippen LogP contribution in [0.4, 0.5) is 0 Å². The van der Waals surface area contributed by atoms with E-state index in [1.54, 1.807) is 0 Å². The number of pyridine rings is 1. The van der Waals surface area contributed by atoms with Crippen molar-refractivity contribution in [3.63, 3.8) is 0 Å². The zero-order valence-electron chi connectivity index (χ0n) is 35.4. The Kier molecular flexibility index (Phi) is 7.61. The van der Waals surface area contributed by atoms with Crippen molar-refractivity contribution in [1.82, 2.24) is 14.1 Å². The SMILES string of the molecule is c1ccc(C2(c3ccccc3)c3ccccc3-c3cc4c(-n5c6ccccc6c6ccccc65)cc(-c5ccc(-n6c7ccccc7c7c8ccccc8ccc76)cc5)nc4cc32)cc1. The molecule has 10 aromatic carbocycles. The van der Waals surface area contributed by atoms with E-state index in [-0.39, 0.29) is 0 Å². The van der Waals surface area contributed by atoms with E-state index in [0.717, 1.165) is 33.5 Å². The van der Waals surface area contributed by atoms with Gasteiger partial charge in [-0.3, -0.25) is 0 Å². The minimum absolute atomic E-state index is 0.539. The Balaban J connectivity index is 1.04. The van der Waals surface area contributed by atoms with E-state index in [2.05, 4.69) is 246 Å². The van der Waals surface area contributed by atoms with Crippen LogP contribution in [-0.2, 0) is 5.41 Å². The quantitative estimate of drug-likeness (QED) is 0.169. The van der Waals surface area contributed by atoms with Crippen LogP contribution < -0.4 is 0 Å². The number of benzene rings is 10. The number of hydrogen-bond acceptors (Lipinski definition) is 1. The van der Waals surface area contributed by atoms with Gasteiger partial charge in [0.05, 0.1) is 44.4 Å². The minimum atomic E-state index is -0.539. The summed E-state index contributed by atoms with van der Waals surface area (Å²) in [7, 11) is 0. The smallest absolute Gasteiger partial charge is 0.0734 e. The molecule has 3 heterocycles. The molecule has 0 saturated heterocycles. The fourth-order valence-corrected chi connectivity index (χ4v) is 11.5. The Labute approximate surface area is 375 Å². The van der Waals surface area contributed by atoms with Crippen LogP contribution in [0.2, 0.25) is 0 Å². The topological polar surface area (TPSA) is 22.8 Å². The molecule has 0 bridgehead atoms. The van der Waals surface area contributed by atoms with Crippen LogP contribution in [-0.4, -0.2) is 14.1 Å². The van der Waals surface area contributed by atoms with Crippen molar-refractivity contribution < 1.29 is 0 Å². The molecule has 0 aliphatic heterocycles. The number of hydrogen-bond donors (Lipinski definition) is 0. The van der Waals surface area contributed by atoms with Crippen LogP contribution in [0.25, 0.3) is 99.0 Å². The Bertz CT molecular complexity index is 3950. The van der Waals surface area contributed by atoms with Gasteiger partial charge in [-0.2, -0.15) is 0 Å². The number of rotatable bonds is 5. The standard InChI is InChI=1S/C62H39N3/c1-3-18-42(19-4-1)62(43-20-5-2-6-21-43)52-27-13-9-23-46(52)50-37-51-55(38-53(50)62)63-54(39-60(51)65-56-28-14-10-24-47(56)48-25-11-15-29-57(48)65)41-31-34-44(35-32-41)64-58-30-16-12-26-49(58)61-45-22-8-7-17-40(45)33-36-59(61)64/h1-39H. The van der Waals surface area contributed by atoms with Gasteiger partial charge in [0.25, 0.3) is 0 Å². The Morgan fingerprint density at radius 1 is 0.354 bits per heavy atom. The molecule has 1 aliphatic rings. The first-order chi connectivity index (χ1) is 32.3. The maximum absolute atomic E-state index is 5.68. The zero-order chi connectivity index (χ0) is 42.6. The van der Waals surface area contributed by atoms with E-state index in [1.807, 2.05) is 0 Å². The highest BCUT2D eigenvalue weighted by molar-refractivity contribution is 6.21. The molecule has 0 radical (unpaired) electrons. The van der Waals surface area contributed by atoms with E-state index in [4.69, 9.17) is 4.98 Å². The lowest BCUT2D eigenvalue weighted by molar-refractivity contribution is 0.769. The molecule has 0 atom stereocenters. The van der Waals surface area contributed by atoms with Gasteiger partial charge in [-0.15, -0.1) is 0 Å². The third-order valence-corrected chi connectivity index (χ3v) is 14.2. The number of para-hydroxylation sites is 3. The molecule has 0 spiro atoms. The second-order valence-electron chi connectivity index (χ2n) is 17.4. The van der Waals surface area contributed by atoms with Gasteiger partial charge < -0.3 is 9.13 Å². The first-order valence-corrected chi connectivity index (χ1v) is 22.5. The second kappa shape index (κ2) is 13.7. The third kappa shape index (κ3) is 5.04. The Hall–Kier alpha value is -8.53. The van der Waals surface area contributed by atoms with Crippen molar-refractivity contribution in [3.8, 4) is 33.8 Å². The predicted octanol–water partition coefficient (Wildman–Crippen LogP) is 15.6. The number of fused-ring (bicyclic) bond motifs is 12. The Morgan fingerprint density at radius 2 is 0.923 bits per heavy atom. The van der Waals surface area contributed by atoms with Gasteiger partial charge >= 0.3 is 0 Å². The lowest BCUT2D eigenvalue weighted by Gasteiger charge is -2.34. The van der Waals surface area contributed by atoms with E-state index in [9.17, 15) is 0 Å². The van der Waals surface area contributed by atoms with Crippen molar-refractivity contribution in [2.24, 2.45) is 0 Å². The fraction of sp³-hybridized carbons (Fsp3) is 0.0161. The third-order valence-electron chi connectivity index (χ3n) is 14.2. The molecule has 3 nitrogen and oxygen atoms in total. The van der Waals surface area contributed by atoms with E-state index >= 15 is 0 Å². The lowest BCUT2D eigenvalue weighted by Crippen LogP contribution is -2.28. The molecule has 1 aliphatic carbocycles. The molecule has 13 aromatic rings. The lowest BCUT2D eigenvalue weighted by atomic mass is 9.67. The maximum Gasteiger partial charge on any atom is 0.0734 e. The molecular formula is C62H39N3. The minimum Gasteiger partial charge on any atom is -0.309 e. The summed E-state index contributed by atoms with van der Waals surface area (Å²) >= 11 is 0. The van der Waals surface area contributed by atoms with Gasteiger partial charge in [0.15, 0.2) is 0 Å². The van der Waals surface area contributed by atoms with Crippen molar-refractivity contribution in [2.45, 2.75) is 5.41 Å². The van der Waals surface area contributed by atoms with Crippen LogP contribution >= 0.6 is 0 Å². The van der Waals surface area contributed by atoms with E-state index in [0.29, 0.717) is 0 Å². The number of aromatic nitrogens is 3. The number of nitrogens with zero attached hydrogens (tertiary/aromatic N) is 3. The molecule has 3 heteroatoms. The van der Waals surface area contributed by atoms with Crippen LogP contribution in [0.1, 0.15) is 22.3 Å². The summed E-state index contributed by atoms with van der Waals surface area (Å²) in [6.07, 6.45) is 0. The van der Waals surface area contributed by atoms with Crippen molar-refractivity contribution in [2.75, 3.05) is 0 Å². The first-order valence-electron chi connectivity index (χ1n) is 22.5. The van der Waals surface area contributed by atoms with Gasteiger partial charge in [0.2, 0.25) is 0 Å². The van der Waals surface area contributed by atoms with Gasteiger partial charge in [0, 0.05) is 38.2 Å². The molecule has 0 fully saturated rings. The molecule has 302 valence electrons. The molecule has 0 unspecified atom stereocenters. The predicted molar refractivity (Wildman–Crippen MR) is 271 cm³/mol. The Morgan fingerprint density at radius 3 is 1.62 bits per heavy atom. The average molecular weight is 826 g/mol. The highest BCUT2D eigenvalue weighted by Crippen LogP contribution is 2.57. The largest absolute Gasteiger partial charge is 0.309 e. The average Bonchev–Trinajstić information content (AvgIpc) is 4.00. The highest BCUT2D eigenvalue weighted by atomic mass is 15.0. The molecule has 14 rings (SSSR count). The second-order valence-corrected chi connectivity index (χ2v) is 17.4. The van der Waals surface area contributed by atoms with Gasteiger partial charge in [0.1, 0.15) is 0 Å². The molecule has 0 N–H and O–H groups in total. The van der Waals surface area contributed by atoms with Gasteiger partial charge in [-0.05, 0) is 98.8 Å². The van der Waals surface area contributed by atoms with Crippen LogP contribution in [0, 0.1) is 0 Å². The summed E-state index contributed by atoms with van der Waals surface area (Å²) < 4.78 is 4.87. The van der Waals surface area contributed by atoms with E-state index < -0.39 is 5.41 Å². The summed E-state index contributed by atoms with van der Waals surface area (Å²) in [6.45, 7) is 0. The monoisotopic (exact) mass is 825 g/mol. The highest BCUT2D eigenvalue weighted by Gasteiger charge is 2.46. The molecule has 65 heavy (non-hydrogen) atoms. The molecule has 3 aromatic heterocycles. The first kappa shape index (κ1) is 36.0. The molecule has 0 saturated carbocycles. The van der Waals surface area contributed by atoms with Crippen LogP contribution in [0.3, 0.4) is 0 Å². The maximum atomic E-state index is 5.68. The van der Waals surface area contributed by atoms with Crippen molar-refractivity contribution >= 4 is 65.3 Å². The summed E-state index contributed by atoms with van der Waals surface area (Å²) in [5.41, 5.74) is 16.9. The van der Waals surface area contributed by atoms with Gasteiger partial charge in [-0.1, -0.05) is 182 Å². The fourth-order valence-electron chi connectivity index (χ4n) is 11.5. The van der Waals surface area contributed by atoms with Crippen LogP contribution in [0.15, 0.2) is 237 Å². The van der Waals surface area contributed by atoms with Gasteiger partial charge in [-0.25, -0.2) is 4.98 Å². The molecular weight excluding hydrogens is 787 g/mol. The zero-order valence-corrected chi connectivity index (χ0v) is 35.4. The molecule has 0 amide bonds. The van der Waals surface area contributed by atoms with Crippen LogP contribution in [0.5, 0.6) is 0 Å². The normalized spacial score (nSPS) is 13.0. The summed E-state index contributed by atoms with van der Waals surface area (Å²) in [5.74, 6) is 0.